The van der Waals surface area contributed by atoms with Gasteiger partial charge in [-0.1, -0.05) is 17.8 Å². The second-order valence-electron chi connectivity index (χ2n) is 8.50. The average molecular weight is 467 g/mol. The van der Waals surface area contributed by atoms with Crippen LogP contribution in [0, 0.1) is 11.7 Å². The fraction of sp³-hybridized carbons (Fsp3) is 0.360. The number of thioether (sulfide) groups is 1. The predicted octanol–water partition coefficient (Wildman–Crippen LogP) is 4.22. The standard InChI is InChI=1S/C25H27FN4O2S/c26-19-5-7-21(8-6-19)32-14-2-11-29-12-9-18(10-13-29)16-28-25(31)22-15-20-17-27-23-3-1-4-24(33-22)30(20)23/h1,3-8,15,17-18H,2,9-14,16H2,(H,28,31). The summed E-state index contributed by atoms with van der Waals surface area (Å²) in [7, 11) is 0. The Kier molecular flexibility index (Phi) is 6.64. The summed E-state index contributed by atoms with van der Waals surface area (Å²) in [6, 6.07) is 12.1. The van der Waals surface area contributed by atoms with E-state index in [1.165, 1.54) is 23.9 Å². The number of likely N-dealkylation sites (tertiary alicyclic amines) is 1. The first-order valence-electron chi connectivity index (χ1n) is 11.4. The molecule has 0 aliphatic carbocycles. The summed E-state index contributed by atoms with van der Waals surface area (Å²) >= 11 is 1.49. The van der Waals surface area contributed by atoms with Gasteiger partial charge in [-0.2, -0.15) is 0 Å². The number of hydrogen-bond donors (Lipinski definition) is 1. The molecule has 2 aliphatic heterocycles. The first-order valence-corrected chi connectivity index (χ1v) is 12.2. The highest BCUT2D eigenvalue weighted by Gasteiger charge is 2.23. The molecule has 1 aromatic carbocycles. The SMILES string of the molecule is O=C(NCC1CCN(CCCOc2ccc(F)cc2)CC1)C1=Cc2cnc3cccc(n23)S1. The van der Waals surface area contributed by atoms with E-state index in [1.807, 2.05) is 30.5 Å². The van der Waals surface area contributed by atoms with Crippen molar-refractivity contribution in [3.63, 3.8) is 0 Å². The number of hydrogen-bond acceptors (Lipinski definition) is 5. The van der Waals surface area contributed by atoms with Crippen molar-refractivity contribution >= 4 is 29.4 Å². The summed E-state index contributed by atoms with van der Waals surface area (Å²) in [5.41, 5.74) is 1.85. The molecule has 0 spiro atoms. The van der Waals surface area contributed by atoms with Crippen molar-refractivity contribution in [2.24, 2.45) is 5.92 Å². The molecule has 4 heterocycles. The molecule has 0 atom stereocenters. The number of aromatic nitrogens is 2. The molecule has 5 rings (SSSR count). The van der Waals surface area contributed by atoms with Crippen LogP contribution < -0.4 is 10.1 Å². The quantitative estimate of drug-likeness (QED) is 0.504. The number of carbonyl (C=O) groups is 1. The first-order chi connectivity index (χ1) is 16.2. The molecule has 6 nitrogen and oxygen atoms in total. The zero-order valence-corrected chi connectivity index (χ0v) is 19.2. The van der Waals surface area contributed by atoms with Crippen LogP contribution in [0.25, 0.3) is 11.7 Å². The maximum Gasteiger partial charge on any atom is 0.258 e. The molecule has 172 valence electrons. The van der Waals surface area contributed by atoms with Crippen molar-refractivity contribution in [2.75, 3.05) is 32.8 Å². The second-order valence-corrected chi connectivity index (χ2v) is 9.56. The van der Waals surface area contributed by atoms with Gasteiger partial charge in [0, 0.05) is 13.1 Å². The lowest BCUT2D eigenvalue weighted by Gasteiger charge is -2.32. The Bertz CT molecular complexity index is 1150. The van der Waals surface area contributed by atoms with Crippen molar-refractivity contribution in [3.05, 3.63) is 65.1 Å². The monoisotopic (exact) mass is 466 g/mol. The van der Waals surface area contributed by atoms with E-state index in [0.29, 0.717) is 29.7 Å². The minimum Gasteiger partial charge on any atom is -0.494 e. The molecule has 0 radical (unpaired) electrons. The first kappa shape index (κ1) is 22.0. The summed E-state index contributed by atoms with van der Waals surface area (Å²) in [5, 5.41) is 4.16. The van der Waals surface area contributed by atoms with Crippen LogP contribution in [0.4, 0.5) is 4.39 Å². The van der Waals surface area contributed by atoms with Gasteiger partial charge >= 0.3 is 0 Å². The number of imidazole rings is 1. The Balaban J connectivity index is 1.02. The number of rotatable bonds is 8. The number of piperidine rings is 1. The number of ether oxygens (including phenoxy) is 1. The van der Waals surface area contributed by atoms with Crippen LogP contribution in [-0.2, 0) is 4.79 Å². The number of pyridine rings is 1. The zero-order chi connectivity index (χ0) is 22.6. The molecule has 1 amide bonds. The van der Waals surface area contributed by atoms with Gasteiger partial charge in [-0.15, -0.1) is 0 Å². The fourth-order valence-electron chi connectivity index (χ4n) is 4.35. The van der Waals surface area contributed by atoms with Crippen molar-refractivity contribution < 1.29 is 13.9 Å². The highest BCUT2D eigenvalue weighted by molar-refractivity contribution is 8.04. The van der Waals surface area contributed by atoms with E-state index < -0.39 is 0 Å². The van der Waals surface area contributed by atoms with E-state index in [9.17, 15) is 9.18 Å². The molecule has 1 saturated heterocycles. The van der Waals surface area contributed by atoms with Crippen LogP contribution >= 0.6 is 11.8 Å². The van der Waals surface area contributed by atoms with E-state index >= 15 is 0 Å². The van der Waals surface area contributed by atoms with Gasteiger partial charge in [0.05, 0.1) is 28.4 Å². The molecule has 2 aromatic heterocycles. The molecule has 0 unspecified atom stereocenters. The number of amides is 1. The van der Waals surface area contributed by atoms with Gasteiger partial charge in [-0.05, 0) is 80.7 Å². The molecule has 2 aliphatic rings. The largest absolute Gasteiger partial charge is 0.494 e. The highest BCUT2D eigenvalue weighted by Crippen LogP contribution is 2.34. The number of benzene rings is 1. The van der Waals surface area contributed by atoms with E-state index in [-0.39, 0.29) is 11.7 Å². The van der Waals surface area contributed by atoms with Gasteiger partial charge < -0.3 is 15.0 Å². The lowest BCUT2D eigenvalue weighted by molar-refractivity contribution is -0.117. The Hall–Kier alpha value is -2.84. The number of halogens is 1. The van der Waals surface area contributed by atoms with Gasteiger partial charge in [0.15, 0.2) is 0 Å². The topological polar surface area (TPSA) is 58.9 Å². The summed E-state index contributed by atoms with van der Waals surface area (Å²) in [4.78, 5) is 20.4. The van der Waals surface area contributed by atoms with Crippen LogP contribution in [-0.4, -0.2) is 53.0 Å². The molecule has 3 aromatic rings. The molecule has 33 heavy (non-hydrogen) atoms. The maximum absolute atomic E-state index is 12.9. The average Bonchev–Trinajstić information content (AvgIpc) is 3.26. The van der Waals surface area contributed by atoms with Crippen LogP contribution in [0.5, 0.6) is 5.75 Å². The van der Waals surface area contributed by atoms with Gasteiger partial charge in [-0.25, -0.2) is 9.37 Å². The molecule has 1 N–H and O–H groups in total. The minimum atomic E-state index is -0.249. The van der Waals surface area contributed by atoms with Crippen LogP contribution in [0.3, 0.4) is 0 Å². The minimum absolute atomic E-state index is 0.00942. The Morgan fingerprint density at radius 2 is 2.00 bits per heavy atom. The number of carbonyl (C=O) groups excluding carboxylic acids is 1. The molecule has 8 heteroatoms. The van der Waals surface area contributed by atoms with E-state index in [4.69, 9.17) is 4.74 Å². The molecule has 0 saturated carbocycles. The van der Waals surface area contributed by atoms with Crippen molar-refractivity contribution in [3.8, 4) is 5.75 Å². The number of nitrogens with one attached hydrogen (secondary N) is 1. The fourth-order valence-corrected chi connectivity index (χ4v) is 5.35. The van der Waals surface area contributed by atoms with Crippen LogP contribution in [0.15, 0.2) is 58.6 Å². The van der Waals surface area contributed by atoms with Crippen molar-refractivity contribution in [1.82, 2.24) is 19.6 Å². The van der Waals surface area contributed by atoms with E-state index in [1.54, 1.807) is 12.1 Å². The normalized spacial score (nSPS) is 16.6. The summed E-state index contributed by atoms with van der Waals surface area (Å²) in [6.45, 7) is 4.40. The highest BCUT2D eigenvalue weighted by atomic mass is 32.2. The van der Waals surface area contributed by atoms with Crippen LogP contribution in [0.2, 0.25) is 0 Å². The maximum atomic E-state index is 12.9. The lowest BCUT2D eigenvalue weighted by atomic mass is 9.96. The van der Waals surface area contributed by atoms with Gasteiger partial charge in [-0.3, -0.25) is 9.20 Å². The predicted molar refractivity (Wildman–Crippen MR) is 128 cm³/mol. The van der Waals surface area contributed by atoms with E-state index in [0.717, 1.165) is 55.3 Å². The molecule has 1 fully saturated rings. The van der Waals surface area contributed by atoms with Crippen molar-refractivity contribution in [2.45, 2.75) is 24.3 Å². The third kappa shape index (κ3) is 5.23. The molecular weight excluding hydrogens is 439 g/mol. The summed E-state index contributed by atoms with van der Waals surface area (Å²) in [5.74, 6) is 0.951. The van der Waals surface area contributed by atoms with Gasteiger partial charge in [0.1, 0.15) is 17.2 Å². The summed E-state index contributed by atoms with van der Waals surface area (Å²) < 4.78 is 20.7. The Morgan fingerprint density at radius 3 is 2.82 bits per heavy atom. The smallest absolute Gasteiger partial charge is 0.258 e. The Morgan fingerprint density at radius 1 is 1.18 bits per heavy atom. The lowest BCUT2D eigenvalue weighted by Crippen LogP contribution is -2.39. The van der Waals surface area contributed by atoms with Crippen LogP contribution in [0.1, 0.15) is 25.0 Å². The zero-order valence-electron chi connectivity index (χ0n) is 18.4. The van der Waals surface area contributed by atoms with Gasteiger partial charge in [0.2, 0.25) is 0 Å². The Labute approximate surface area is 196 Å². The molecule has 0 bridgehead atoms. The van der Waals surface area contributed by atoms with E-state index in [2.05, 4.69) is 19.6 Å². The number of nitrogens with zero attached hydrogens (tertiary/aromatic N) is 3. The second kappa shape index (κ2) is 9.97. The van der Waals surface area contributed by atoms with Crippen molar-refractivity contribution in [1.29, 1.82) is 0 Å². The van der Waals surface area contributed by atoms with Gasteiger partial charge in [0.25, 0.3) is 5.91 Å². The summed E-state index contributed by atoms with van der Waals surface area (Å²) in [6.07, 6.45) is 6.83. The molecular formula is C25H27FN4O2S. The third-order valence-corrected chi connectivity index (χ3v) is 7.25. The third-order valence-electron chi connectivity index (χ3n) is 6.20.